The van der Waals surface area contributed by atoms with E-state index in [4.69, 9.17) is 9.47 Å². The van der Waals surface area contributed by atoms with Gasteiger partial charge in [0.1, 0.15) is 24.4 Å². The Hall–Kier alpha value is -2.11. The normalized spacial score (nSPS) is 26.5. The summed E-state index contributed by atoms with van der Waals surface area (Å²) in [7, 11) is 0. The summed E-state index contributed by atoms with van der Waals surface area (Å²) in [5, 5.41) is 44.0. The second kappa shape index (κ2) is 9.17. The summed E-state index contributed by atoms with van der Waals surface area (Å²) in [4.78, 5) is 0. The second-order valence-electron chi connectivity index (χ2n) is 8.07. The van der Waals surface area contributed by atoms with E-state index in [2.05, 4.69) is 5.10 Å². The molecule has 0 amide bonds. The van der Waals surface area contributed by atoms with Crippen molar-refractivity contribution in [3.63, 3.8) is 0 Å². The highest BCUT2D eigenvalue weighted by atomic mass is 19.2. The topological polar surface area (TPSA) is 117 Å². The highest BCUT2D eigenvalue weighted by Gasteiger charge is 2.45. The van der Waals surface area contributed by atoms with Gasteiger partial charge in [-0.05, 0) is 38.8 Å². The van der Waals surface area contributed by atoms with E-state index in [1.54, 1.807) is 11.6 Å². The fourth-order valence-corrected chi connectivity index (χ4v) is 3.61. The van der Waals surface area contributed by atoms with E-state index >= 15 is 0 Å². The van der Waals surface area contributed by atoms with Gasteiger partial charge in [0, 0.05) is 23.7 Å². The molecule has 0 spiro atoms. The molecule has 1 saturated heterocycles. The predicted molar refractivity (Wildman–Crippen MR) is 106 cm³/mol. The van der Waals surface area contributed by atoms with Crippen molar-refractivity contribution in [1.29, 1.82) is 0 Å². The van der Waals surface area contributed by atoms with E-state index < -0.39 is 48.9 Å². The van der Waals surface area contributed by atoms with Crippen LogP contribution in [-0.4, -0.2) is 67.5 Å². The fraction of sp³-hybridized carbons (Fsp3) is 0.571. The highest BCUT2D eigenvalue weighted by molar-refractivity contribution is 5.38. The molecule has 31 heavy (non-hydrogen) atoms. The molecule has 1 aromatic carbocycles. The van der Waals surface area contributed by atoms with Crippen LogP contribution >= 0.6 is 0 Å². The van der Waals surface area contributed by atoms with Crippen LogP contribution in [0.4, 0.5) is 8.78 Å². The zero-order chi connectivity index (χ0) is 23.0. The molecule has 172 valence electrons. The van der Waals surface area contributed by atoms with Crippen LogP contribution in [0.15, 0.2) is 12.1 Å². The van der Waals surface area contributed by atoms with Crippen molar-refractivity contribution in [3.8, 4) is 5.88 Å². The number of aliphatic hydroxyl groups excluding tert-OH is 4. The smallest absolute Gasteiger partial charge is 0.239 e. The third-order valence-electron chi connectivity index (χ3n) is 5.53. The Morgan fingerprint density at radius 1 is 1.10 bits per heavy atom. The SMILES string of the molecule is Cc1ccc(Cc2c(O[C@@H]3O[C@H](CO)[C@@H](O)[C@H](O)[C@H]3O)nn(C(C)C)c2C)c(F)c1F. The number of ether oxygens (including phenoxy) is 2. The van der Waals surface area contributed by atoms with Crippen LogP contribution < -0.4 is 4.74 Å². The number of halogens is 2. The summed E-state index contributed by atoms with van der Waals surface area (Å²) >= 11 is 0. The van der Waals surface area contributed by atoms with Crippen LogP contribution in [0.5, 0.6) is 5.88 Å². The van der Waals surface area contributed by atoms with Crippen molar-refractivity contribution in [2.45, 2.75) is 70.9 Å². The Kier molecular flexibility index (Phi) is 6.97. The van der Waals surface area contributed by atoms with Crippen molar-refractivity contribution < 1.29 is 38.7 Å². The maximum absolute atomic E-state index is 14.5. The van der Waals surface area contributed by atoms with Gasteiger partial charge in [-0.1, -0.05) is 12.1 Å². The molecule has 0 unspecified atom stereocenters. The van der Waals surface area contributed by atoms with Gasteiger partial charge in [0.25, 0.3) is 0 Å². The summed E-state index contributed by atoms with van der Waals surface area (Å²) in [5.74, 6) is -1.88. The zero-order valence-electron chi connectivity index (χ0n) is 17.8. The summed E-state index contributed by atoms with van der Waals surface area (Å²) in [6.07, 6.45) is -7.39. The Labute approximate surface area is 178 Å². The van der Waals surface area contributed by atoms with Crippen molar-refractivity contribution in [2.24, 2.45) is 0 Å². The van der Waals surface area contributed by atoms with Gasteiger partial charge < -0.3 is 29.9 Å². The molecule has 3 rings (SSSR count). The number of aryl methyl sites for hydroxylation is 1. The number of rotatable bonds is 6. The largest absolute Gasteiger partial charge is 0.443 e. The molecule has 4 N–H and O–H groups in total. The minimum atomic E-state index is -1.62. The first-order chi connectivity index (χ1) is 14.6. The number of hydrogen-bond acceptors (Lipinski definition) is 7. The van der Waals surface area contributed by atoms with Crippen molar-refractivity contribution in [1.82, 2.24) is 9.78 Å². The Morgan fingerprint density at radius 2 is 1.77 bits per heavy atom. The number of aromatic nitrogens is 2. The van der Waals surface area contributed by atoms with E-state index in [0.717, 1.165) is 0 Å². The Morgan fingerprint density at radius 3 is 2.39 bits per heavy atom. The molecule has 0 saturated carbocycles. The van der Waals surface area contributed by atoms with Crippen molar-refractivity contribution >= 4 is 0 Å². The van der Waals surface area contributed by atoms with Crippen LogP contribution in [0.3, 0.4) is 0 Å². The fourth-order valence-electron chi connectivity index (χ4n) is 3.61. The van der Waals surface area contributed by atoms with Gasteiger partial charge in [-0.3, -0.25) is 4.68 Å². The third-order valence-corrected chi connectivity index (χ3v) is 5.53. The molecule has 5 atom stereocenters. The average Bonchev–Trinajstić information content (AvgIpc) is 3.04. The monoisotopic (exact) mass is 442 g/mol. The lowest BCUT2D eigenvalue weighted by molar-refractivity contribution is -0.278. The van der Waals surface area contributed by atoms with Gasteiger partial charge >= 0.3 is 0 Å². The van der Waals surface area contributed by atoms with Crippen molar-refractivity contribution in [2.75, 3.05) is 6.61 Å². The molecule has 8 nitrogen and oxygen atoms in total. The van der Waals surface area contributed by atoms with Crippen LogP contribution in [0.1, 0.15) is 42.3 Å². The summed E-state index contributed by atoms with van der Waals surface area (Å²) in [5.41, 5.74) is 1.39. The molecule has 1 aliphatic heterocycles. The number of hydrogen-bond donors (Lipinski definition) is 4. The van der Waals surface area contributed by atoms with Crippen LogP contribution in [-0.2, 0) is 11.2 Å². The zero-order valence-corrected chi connectivity index (χ0v) is 17.8. The lowest BCUT2D eigenvalue weighted by atomic mass is 9.99. The predicted octanol–water partition coefficient (Wildman–Crippen LogP) is 1.13. The highest BCUT2D eigenvalue weighted by Crippen LogP contribution is 2.31. The van der Waals surface area contributed by atoms with Gasteiger partial charge in [-0.15, -0.1) is 5.10 Å². The summed E-state index contributed by atoms with van der Waals surface area (Å²) in [6, 6.07) is 2.89. The molecule has 1 aliphatic rings. The van der Waals surface area contributed by atoms with E-state index in [9.17, 15) is 29.2 Å². The van der Waals surface area contributed by atoms with Gasteiger partial charge in [0.2, 0.25) is 12.2 Å². The molecule has 1 aromatic heterocycles. The molecule has 0 bridgehead atoms. The van der Waals surface area contributed by atoms with Gasteiger partial charge in [0.05, 0.1) is 6.61 Å². The second-order valence-corrected chi connectivity index (χ2v) is 8.07. The molecule has 0 radical (unpaired) electrons. The van der Waals surface area contributed by atoms with Gasteiger partial charge in [0.15, 0.2) is 11.6 Å². The first-order valence-electron chi connectivity index (χ1n) is 10.0. The average molecular weight is 442 g/mol. The molecule has 2 heterocycles. The minimum Gasteiger partial charge on any atom is -0.443 e. The molecule has 0 aliphatic carbocycles. The summed E-state index contributed by atoms with van der Waals surface area (Å²) < 4.78 is 41.3. The molecular weight excluding hydrogens is 414 g/mol. The maximum atomic E-state index is 14.5. The van der Waals surface area contributed by atoms with Crippen LogP contribution in [0, 0.1) is 25.5 Å². The van der Waals surface area contributed by atoms with E-state index in [1.807, 2.05) is 13.8 Å². The van der Waals surface area contributed by atoms with Crippen LogP contribution in [0.25, 0.3) is 0 Å². The Balaban J connectivity index is 1.97. The Bertz CT molecular complexity index is 933. The molecule has 10 heteroatoms. The number of benzene rings is 1. The van der Waals surface area contributed by atoms with Gasteiger partial charge in [-0.2, -0.15) is 0 Å². The lowest BCUT2D eigenvalue weighted by Crippen LogP contribution is -2.60. The van der Waals surface area contributed by atoms with E-state index in [0.29, 0.717) is 11.3 Å². The van der Waals surface area contributed by atoms with Crippen molar-refractivity contribution in [3.05, 3.63) is 46.2 Å². The lowest BCUT2D eigenvalue weighted by Gasteiger charge is -2.39. The first kappa shape index (κ1) is 23.6. The molecule has 1 fully saturated rings. The molecule has 2 aromatic rings. The van der Waals surface area contributed by atoms with Gasteiger partial charge in [-0.25, -0.2) is 8.78 Å². The standard InChI is InChI=1S/C21H28F2N2O6/c1-9(2)25-11(4)13(7-12-6-5-10(3)15(22)16(12)23)20(24-25)31-21-19(29)18(28)17(27)14(8-26)30-21/h5-6,9,14,17-19,21,26-29H,7-8H2,1-4H3/t14-,17-,18+,19-,21+/m1/s1. The quantitative estimate of drug-likeness (QED) is 0.530. The van der Waals surface area contributed by atoms with E-state index in [1.165, 1.54) is 19.1 Å². The first-order valence-corrected chi connectivity index (χ1v) is 10.0. The summed E-state index contributed by atoms with van der Waals surface area (Å²) in [6.45, 7) is 6.38. The maximum Gasteiger partial charge on any atom is 0.239 e. The van der Waals surface area contributed by atoms with E-state index in [-0.39, 0.29) is 29.5 Å². The van der Waals surface area contributed by atoms with Crippen LogP contribution in [0.2, 0.25) is 0 Å². The number of nitrogens with zero attached hydrogens (tertiary/aromatic N) is 2. The number of aliphatic hydroxyl groups is 4. The minimum absolute atomic E-state index is 0.0101. The molecular formula is C21H28F2N2O6. The third kappa shape index (κ3) is 4.44.